The van der Waals surface area contributed by atoms with Crippen molar-refractivity contribution >= 4 is 5.91 Å². The number of hydrogen-bond donors (Lipinski definition) is 1. The van der Waals surface area contributed by atoms with Crippen LogP contribution in [0.5, 0.6) is 5.75 Å². The summed E-state index contributed by atoms with van der Waals surface area (Å²) in [7, 11) is 1.67. The van der Waals surface area contributed by atoms with Crippen molar-refractivity contribution in [3.8, 4) is 5.75 Å². The van der Waals surface area contributed by atoms with Crippen LogP contribution in [-0.2, 0) is 11.2 Å². The fourth-order valence-electron chi connectivity index (χ4n) is 4.66. The van der Waals surface area contributed by atoms with Gasteiger partial charge < -0.3 is 14.7 Å². The Morgan fingerprint density at radius 2 is 2.08 bits per heavy atom. The molecule has 1 saturated carbocycles. The number of aryl methyl sites for hydroxylation is 1. The summed E-state index contributed by atoms with van der Waals surface area (Å²) < 4.78 is 5.17. The smallest absolute Gasteiger partial charge is 0.222 e. The molecule has 1 aromatic rings. The number of carbonyl (C=O) groups is 1. The average Bonchev–Trinajstić information content (AvgIpc) is 3.08. The second kappa shape index (κ2) is 7.77. The Kier molecular flexibility index (Phi) is 5.67. The van der Waals surface area contributed by atoms with E-state index in [2.05, 4.69) is 19.1 Å². The number of amides is 1. The molecule has 1 aliphatic carbocycles. The van der Waals surface area contributed by atoms with E-state index in [1.54, 1.807) is 7.11 Å². The molecule has 4 heteroatoms. The van der Waals surface area contributed by atoms with Crippen LogP contribution in [0.3, 0.4) is 0 Å². The van der Waals surface area contributed by atoms with E-state index in [4.69, 9.17) is 4.74 Å². The molecule has 0 aromatic heterocycles. The third-order valence-corrected chi connectivity index (χ3v) is 6.30. The predicted octanol–water partition coefficient (Wildman–Crippen LogP) is 3.42. The number of carbonyl (C=O) groups excluding carboxylic acids is 1. The Morgan fingerprint density at radius 3 is 2.76 bits per heavy atom. The quantitative estimate of drug-likeness (QED) is 0.859. The SMILES string of the molecule is CC[C@]1(O)CCC[C@H]2CN(C(=O)CCCc3ccc(OC)cc3)C[C@H]21. The minimum Gasteiger partial charge on any atom is -0.497 e. The Hall–Kier alpha value is -1.55. The molecule has 0 radical (unpaired) electrons. The molecule has 1 N–H and O–H groups in total. The summed E-state index contributed by atoms with van der Waals surface area (Å²) in [6.45, 7) is 3.66. The van der Waals surface area contributed by atoms with Crippen LogP contribution in [0.15, 0.2) is 24.3 Å². The van der Waals surface area contributed by atoms with Crippen LogP contribution in [0.1, 0.15) is 51.0 Å². The summed E-state index contributed by atoms with van der Waals surface area (Å²) in [6.07, 6.45) is 6.31. The predicted molar refractivity (Wildman–Crippen MR) is 98.6 cm³/mol. The first-order valence-corrected chi connectivity index (χ1v) is 9.69. The van der Waals surface area contributed by atoms with Crippen LogP contribution in [0.2, 0.25) is 0 Å². The van der Waals surface area contributed by atoms with Gasteiger partial charge in [0.15, 0.2) is 0 Å². The Bertz CT molecular complexity index is 585. The van der Waals surface area contributed by atoms with Gasteiger partial charge in [-0.15, -0.1) is 0 Å². The molecule has 1 aromatic carbocycles. The molecule has 1 amide bonds. The number of ether oxygens (including phenoxy) is 1. The monoisotopic (exact) mass is 345 g/mol. The molecule has 25 heavy (non-hydrogen) atoms. The molecule has 0 bridgehead atoms. The molecule has 0 spiro atoms. The maximum atomic E-state index is 12.6. The van der Waals surface area contributed by atoms with Gasteiger partial charge in [-0.25, -0.2) is 0 Å². The fourth-order valence-corrected chi connectivity index (χ4v) is 4.66. The van der Waals surface area contributed by atoms with Crippen LogP contribution in [-0.4, -0.2) is 41.7 Å². The van der Waals surface area contributed by atoms with E-state index >= 15 is 0 Å². The number of aliphatic hydroxyl groups is 1. The van der Waals surface area contributed by atoms with Crippen molar-refractivity contribution in [3.63, 3.8) is 0 Å². The number of benzene rings is 1. The van der Waals surface area contributed by atoms with Crippen LogP contribution >= 0.6 is 0 Å². The average molecular weight is 345 g/mol. The summed E-state index contributed by atoms with van der Waals surface area (Å²) in [5.41, 5.74) is 0.685. The zero-order chi connectivity index (χ0) is 17.9. The summed E-state index contributed by atoms with van der Waals surface area (Å²) in [6, 6.07) is 8.06. The van der Waals surface area contributed by atoms with Crippen molar-refractivity contribution in [2.75, 3.05) is 20.2 Å². The standard InChI is InChI=1S/C21H31NO3/c1-3-21(24)13-5-7-17-14-22(15-19(17)21)20(23)8-4-6-16-9-11-18(25-2)12-10-16/h9-12,17,19,24H,3-8,13-15H2,1-2H3/t17-,19+,21-/m0/s1. The highest BCUT2D eigenvalue weighted by atomic mass is 16.5. The number of nitrogens with zero attached hydrogens (tertiary/aromatic N) is 1. The lowest BCUT2D eigenvalue weighted by Gasteiger charge is -2.40. The van der Waals surface area contributed by atoms with Crippen LogP contribution in [0, 0.1) is 11.8 Å². The zero-order valence-corrected chi connectivity index (χ0v) is 15.5. The van der Waals surface area contributed by atoms with Crippen LogP contribution in [0.25, 0.3) is 0 Å². The number of fused-ring (bicyclic) bond motifs is 1. The summed E-state index contributed by atoms with van der Waals surface area (Å²) in [5, 5.41) is 10.9. The molecule has 1 saturated heterocycles. The minimum atomic E-state index is -0.555. The third kappa shape index (κ3) is 4.00. The van der Waals surface area contributed by atoms with Gasteiger partial charge in [0.1, 0.15) is 5.75 Å². The lowest BCUT2D eigenvalue weighted by atomic mass is 9.69. The van der Waals surface area contributed by atoms with Gasteiger partial charge in [-0.1, -0.05) is 25.5 Å². The van der Waals surface area contributed by atoms with Crippen molar-refractivity contribution in [2.45, 2.75) is 57.5 Å². The molecule has 1 aliphatic heterocycles. The van der Waals surface area contributed by atoms with E-state index in [0.717, 1.165) is 57.4 Å². The van der Waals surface area contributed by atoms with Gasteiger partial charge in [-0.2, -0.15) is 0 Å². The van der Waals surface area contributed by atoms with E-state index in [1.165, 1.54) is 5.56 Å². The molecule has 2 fully saturated rings. The first kappa shape index (κ1) is 18.2. The molecule has 0 unspecified atom stereocenters. The van der Waals surface area contributed by atoms with E-state index in [1.807, 2.05) is 17.0 Å². The highest BCUT2D eigenvalue weighted by Crippen LogP contribution is 2.44. The van der Waals surface area contributed by atoms with Gasteiger partial charge in [0.25, 0.3) is 0 Å². The molecule has 3 rings (SSSR count). The van der Waals surface area contributed by atoms with E-state index in [-0.39, 0.29) is 11.8 Å². The van der Waals surface area contributed by atoms with Crippen LogP contribution < -0.4 is 4.74 Å². The summed E-state index contributed by atoms with van der Waals surface area (Å²) >= 11 is 0. The van der Waals surface area contributed by atoms with Crippen molar-refractivity contribution < 1.29 is 14.6 Å². The third-order valence-electron chi connectivity index (χ3n) is 6.30. The molecule has 3 atom stereocenters. The van der Waals surface area contributed by atoms with Gasteiger partial charge >= 0.3 is 0 Å². The van der Waals surface area contributed by atoms with Gasteiger partial charge in [-0.3, -0.25) is 4.79 Å². The molecule has 2 aliphatic rings. The Labute approximate surface area is 151 Å². The highest BCUT2D eigenvalue weighted by molar-refractivity contribution is 5.76. The lowest BCUT2D eigenvalue weighted by molar-refractivity contribution is -0.130. The molecule has 4 nitrogen and oxygen atoms in total. The van der Waals surface area contributed by atoms with Gasteiger partial charge in [0.05, 0.1) is 12.7 Å². The first-order chi connectivity index (χ1) is 12.1. The van der Waals surface area contributed by atoms with Crippen molar-refractivity contribution in [2.24, 2.45) is 11.8 Å². The van der Waals surface area contributed by atoms with Gasteiger partial charge in [0, 0.05) is 25.4 Å². The normalized spacial score (nSPS) is 28.7. The Morgan fingerprint density at radius 1 is 1.32 bits per heavy atom. The van der Waals surface area contributed by atoms with E-state index < -0.39 is 5.60 Å². The number of methoxy groups -OCH3 is 1. The molecule has 1 heterocycles. The minimum absolute atomic E-state index is 0.251. The number of likely N-dealkylation sites (tertiary alicyclic amines) is 1. The maximum absolute atomic E-state index is 12.6. The van der Waals surface area contributed by atoms with Gasteiger partial charge in [0.2, 0.25) is 5.91 Å². The topological polar surface area (TPSA) is 49.8 Å². The van der Waals surface area contributed by atoms with Crippen LogP contribution in [0.4, 0.5) is 0 Å². The number of hydrogen-bond acceptors (Lipinski definition) is 3. The second-order valence-corrected chi connectivity index (χ2v) is 7.72. The van der Waals surface area contributed by atoms with Crippen molar-refractivity contribution in [1.82, 2.24) is 4.90 Å². The first-order valence-electron chi connectivity index (χ1n) is 9.69. The largest absolute Gasteiger partial charge is 0.497 e. The maximum Gasteiger partial charge on any atom is 0.222 e. The molecular formula is C21H31NO3. The van der Waals surface area contributed by atoms with E-state index in [9.17, 15) is 9.90 Å². The van der Waals surface area contributed by atoms with E-state index in [0.29, 0.717) is 12.3 Å². The second-order valence-electron chi connectivity index (χ2n) is 7.72. The van der Waals surface area contributed by atoms with Crippen molar-refractivity contribution in [3.05, 3.63) is 29.8 Å². The lowest BCUT2D eigenvalue weighted by Crippen LogP contribution is -2.44. The summed E-state index contributed by atoms with van der Waals surface area (Å²) in [5.74, 6) is 1.88. The van der Waals surface area contributed by atoms with Gasteiger partial charge in [-0.05, 0) is 55.7 Å². The highest BCUT2D eigenvalue weighted by Gasteiger charge is 2.48. The zero-order valence-electron chi connectivity index (χ0n) is 15.5. The molecular weight excluding hydrogens is 314 g/mol. The Balaban J connectivity index is 1.49. The number of rotatable bonds is 6. The fraction of sp³-hybridized carbons (Fsp3) is 0.667. The summed E-state index contributed by atoms with van der Waals surface area (Å²) in [4.78, 5) is 14.6. The van der Waals surface area contributed by atoms with Crippen molar-refractivity contribution in [1.29, 1.82) is 0 Å². The molecule has 138 valence electrons.